The molecule has 5 N–H and O–H groups in total. The van der Waals surface area contributed by atoms with Gasteiger partial charge in [-0.25, -0.2) is 19.1 Å². The van der Waals surface area contributed by atoms with Crippen molar-refractivity contribution in [1.29, 1.82) is 0 Å². The zero-order chi connectivity index (χ0) is 14.4. The Morgan fingerprint density at radius 2 is 2.45 bits per heavy atom. The normalized spacial score (nSPS) is 26.4. The van der Waals surface area contributed by atoms with Crippen molar-refractivity contribution < 1.29 is 19.5 Å². The molecular formula is C11H16N5O4+. The summed E-state index contributed by atoms with van der Waals surface area (Å²) in [7, 11) is 1.70. The maximum atomic E-state index is 11.8. The van der Waals surface area contributed by atoms with Gasteiger partial charge in [-0.2, -0.15) is 0 Å². The number of imidazole rings is 1. The summed E-state index contributed by atoms with van der Waals surface area (Å²) in [6.07, 6.45) is -0.117. The molecule has 0 saturated carbocycles. The Bertz CT molecular complexity index is 709. The summed E-state index contributed by atoms with van der Waals surface area (Å²) in [5.74, 6) is 0.196. The van der Waals surface area contributed by atoms with Gasteiger partial charge in [-0.05, 0) is 0 Å². The number of aromatic nitrogens is 4. The van der Waals surface area contributed by atoms with Gasteiger partial charge >= 0.3 is 11.5 Å². The molecule has 0 bridgehead atoms. The number of fused-ring (bicyclic) bond motifs is 1. The summed E-state index contributed by atoms with van der Waals surface area (Å²) in [4.78, 5) is 18.4. The van der Waals surface area contributed by atoms with Crippen LogP contribution >= 0.6 is 0 Å². The number of ether oxygens (including phenoxy) is 1. The van der Waals surface area contributed by atoms with Crippen LogP contribution in [0.3, 0.4) is 0 Å². The standard InChI is InChI=1S/C11H15N5O4/c1-15-10-8(9(19)14-11(15)12)13-4-16(10)7-2-5(18)6(3-17)20-7/h4-7,17-18H,2-3H2,1H3,(H2,12,14,19)/p+1/t5-,6+,7+/m0/s1. The molecular weight excluding hydrogens is 266 g/mol. The number of hydrogen-bond donors (Lipinski definition) is 4. The quantitative estimate of drug-likeness (QED) is 0.461. The second-order valence-electron chi connectivity index (χ2n) is 4.84. The average Bonchev–Trinajstić information content (AvgIpc) is 2.99. The molecule has 20 heavy (non-hydrogen) atoms. The Kier molecular flexibility index (Phi) is 2.96. The summed E-state index contributed by atoms with van der Waals surface area (Å²) < 4.78 is 8.79. The maximum Gasteiger partial charge on any atom is 0.324 e. The Labute approximate surface area is 113 Å². The Hall–Kier alpha value is -1.97. The Morgan fingerprint density at radius 1 is 1.70 bits per heavy atom. The molecule has 3 atom stereocenters. The van der Waals surface area contributed by atoms with Crippen molar-refractivity contribution in [1.82, 2.24) is 14.5 Å². The SMILES string of the molecule is C[n+]1c(N)[nH]c(=O)c2ncn([C@H]3C[C@H](O)[C@@H](CO)O3)c21. The highest BCUT2D eigenvalue weighted by molar-refractivity contribution is 5.66. The number of nitrogens with two attached hydrogens (primary N) is 1. The van der Waals surface area contributed by atoms with Gasteiger partial charge in [0.15, 0.2) is 6.23 Å². The van der Waals surface area contributed by atoms with Crippen molar-refractivity contribution in [3.05, 3.63) is 16.7 Å². The Balaban J connectivity index is 2.12. The molecule has 108 valence electrons. The molecule has 2 aromatic heterocycles. The molecule has 1 saturated heterocycles. The molecule has 9 nitrogen and oxygen atoms in total. The van der Waals surface area contributed by atoms with Crippen molar-refractivity contribution in [2.75, 3.05) is 12.3 Å². The van der Waals surface area contributed by atoms with E-state index in [0.717, 1.165) is 0 Å². The topological polar surface area (TPSA) is 130 Å². The van der Waals surface area contributed by atoms with Gasteiger partial charge in [-0.1, -0.05) is 0 Å². The molecule has 1 aliphatic heterocycles. The fourth-order valence-electron chi connectivity index (χ4n) is 2.48. The number of H-pyrrole nitrogens is 1. The zero-order valence-electron chi connectivity index (χ0n) is 10.9. The third-order valence-corrected chi connectivity index (χ3v) is 3.60. The summed E-state index contributed by atoms with van der Waals surface area (Å²) >= 11 is 0. The van der Waals surface area contributed by atoms with E-state index in [4.69, 9.17) is 15.6 Å². The van der Waals surface area contributed by atoms with E-state index < -0.39 is 18.4 Å². The molecule has 3 rings (SSSR count). The van der Waals surface area contributed by atoms with Gasteiger partial charge in [0.2, 0.25) is 11.2 Å². The molecule has 0 unspecified atom stereocenters. The first-order valence-corrected chi connectivity index (χ1v) is 6.21. The first-order valence-electron chi connectivity index (χ1n) is 6.21. The summed E-state index contributed by atoms with van der Waals surface area (Å²) in [5, 5.41) is 18.9. The number of nitrogens with one attached hydrogen (secondary N) is 1. The first-order chi connectivity index (χ1) is 9.52. The van der Waals surface area contributed by atoms with Crippen LogP contribution in [0.2, 0.25) is 0 Å². The van der Waals surface area contributed by atoms with Crippen LogP contribution in [0.5, 0.6) is 0 Å². The predicted molar refractivity (Wildman–Crippen MR) is 67.6 cm³/mol. The second kappa shape index (κ2) is 4.54. The molecule has 0 aliphatic carbocycles. The van der Waals surface area contributed by atoms with Gasteiger partial charge in [0.05, 0.1) is 19.8 Å². The number of aromatic amines is 1. The van der Waals surface area contributed by atoms with Crippen LogP contribution in [0.1, 0.15) is 12.6 Å². The minimum absolute atomic E-state index is 0.196. The average molecular weight is 282 g/mol. The number of nitrogens with zero attached hydrogens (tertiary/aromatic N) is 3. The lowest BCUT2D eigenvalue weighted by molar-refractivity contribution is -0.635. The van der Waals surface area contributed by atoms with Crippen molar-refractivity contribution in [2.45, 2.75) is 24.9 Å². The number of aliphatic hydroxyl groups excluding tert-OH is 2. The molecule has 0 amide bonds. The van der Waals surface area contributed by atoms with Crippen molar-refractivity contribution in [3.8, 4) is 0 Å². The molecule has 1 aliphatic rings. The zero-order valence-corrected chi connectivity index (χ0v) is 10.9. The number of hydrogen-bond acceptors (Lipinski definition) is 6. The highest BCUT2D eigenvalue weighted by Gasteiger charge is 2.37. The Morgan fingerprint density at radius 3 is 3.10 bits per heavy atom. The van der Waals surface area contributed by atoms with E-state index in [1.165, 1.54) is 6.33 Å². The number of anilines is 1. The molecule has 3 heterocycles. The number of aryl methyl sites for hydroxylation is 1. The smallest absolute Gasteiger partial charge is 0.324 e. The third-order valence-electron chi connectivity index (χ3n) is 3.60. The lowest BCUT2D eigenvalue weighted by Gasteiger charge is -2.12. The fraction of sp³-hybridized carbons (Fsp3) is 0.545. The minimum atomic E-state index is -0.757. The lowest BCUT2D eigenvalue weighted by atomic mass is 10.2. The van der Waals surface area contributed by atoms with E-state index in [1.54, 1.807) is 16.2 Å². The molecule has 0 radical (unpaired) electrons. The highest BCUT2D eigenvalue weighted by atomic mass is 16.5. The molecule has 0 spiro atoms. The van der Waals surface area contributed by atoms with Gasteiger partial charge in [0.25, 0.3) is 0 Å². The van der Waals surface area contributed by atoms with Gasteiger partial charge in [0, 0.05) is 6.42 Å². The van der Waals surface area contributed by atoms with Crippen molar-refractivity contribution in [2.24, 2.45) is 7.05 Å². The van der Waals surface area contributed by atoms with E-state index in [1.807, 2.05) is 0 Å². The summed E-state index contributed by atoms with van der Waals surface area (Å²) in [6.45, 7) is -0.265. The molecule has 2 aromatic rings. The number of aliphatic hydroxyl groups is 2. The van der Waals surface area contributed by atoms with E-state index in [0.29, 0.717) is 12.1 Å². The van der Waals surface area contributed by atoms with Crippen LogP contribution in [0.15, 0.2) is 11.1 Å². The van der Waals surface area contributed by atoms with Gasteiger partial charge < -0.3 is 20.7 Å². The molecule has 1 fully saturated rings. The van der Waals surface area contributed by atoms with Crippen molar-refractivity contribution >= 4 is 17.1 Å². The fourth-order valence-corrected chi connectivity index (χ4v) is 2.48. The van der Waals surface area contributed by atoms with Gasteiger partial charge in [0.1, 0.15) is 12.4 Å². The molecule has 9 heteroatoms. The van der Waals surface area contributed by atoms with E-state index in [-0.39, 0.29) is 23.6 Å². The summed E-state index contributed by atoms with van der Waals surface area (Å²) in [5.41, 5.74) is 6.09. The van der Waals surface area contributed by atoms with Gasteiger partial charge in [-0.15, -0.1) is 0 Å². The lowest BCUT2D eigenvalue weighted by Crippen LogP contribution is -2.39. The largest absolute Gasteiger partial charge is 0.394 e. The number of nitrogen functional groups attached to an aromatic ring is 1. The van der Waals surface area contributed by atoms with E-state index in [9.17, 15) is 9.90 Å². The maximum absolute atomic E-state index is 11.8. The van der Waals surface area contributed by atoms with Crippen LogP contribution in [0, 0.1) is 0 Å². The summed E-state index contributed by atoms with van der Waals surface area (Å²) in [6, 6.07) is 0. The second-order valence-corrected chi connectivity index (χ2v) is 4.84. The number of rotatable bonds is 2. The predicted octanol–water partition coefficient (Wildman–Crippen LogP) is -2.23. The van der Waals surface area contributed by atoms with Crippen LogP contribution in [-0.4, -0.2) is 43.6 Å². The first kappa shape index (κ1) is 13.0. The molecule has 0 aromatic carbocycles. The van der Waals surface area contributed by atoms with Crippen LogP contribution in [-0.2, 0) is 11.8 Å². The highest BCUT2D eigenvalue weighted by Crippen LogP contribution is 2.29. The monoisotopic (exact) mass is 282 g/mol. The minimum Gasteiger partial charge on any atom is -0.394 e. The van der Waals surface area contributed by atoms with Crippen LogP contribution < -0.4 is 15.9 Å². The van der Waals surface area contributed by atoms with Crippen LogP contribution in [0.25, 0.3) is 11.2 Å². The third kappa shape index (κ3) is 1.79. The van der Waals surface area contributed by atoms with E-state index >= 15 is 0 Å². The van der Waals surface area contributed by atoms with Crippen molar-refractivity contribution in [3.63, 3.8) is 0 Å². The van der Waals surface area contributed by atoms with Gasteiger partial charge in [-0.3, -0.25) is 4.79 Å². The van der Waals surface area contributed by atoms with Crippen LogP contribution in [0.4, 0.5) is 5.95 Å². The van der Waals surface area contributed by atoms with E-state index in [2.05, 4.69) is 9.97 Å².